The average Bonchev–Trinajstić information content (AvgIpc) is 2.69. The molecule has 2 aliphatic heterocycles. The summed E-state index contributed by atoms with van der Waals surface area (Å²) in [5.74, 6) is 0.620. The van der Waals surface area contributed by atoms with Gasteiger partial charge in [0.1, 0.15) is 0 Å². The van der Waals surface area contributed by atoms with Gasteiger partial charge in [0.2, 0.25) is 0 Å². The molecule has 3 unspecified atom stereocenters. The Balaban J connectivity index is 1.83. The van der Waals surface area contributed by atoms with E-state index in [1.165, 1.54) is 6.42 Å². The van der Waals surface area contributed by atoms with Crippen LogP contribution in [-0.2, 0) is 9.57 Å². The summed E-state index contributed by atoms with van der Waals surface area (Å²) in [7, 11) is 2.14. The van der Waals surface area contributed by atoms with Gasteiger partial charge in [0.05, 0.1) is 13.2 Å². The highest BCUT2D eigenvalue weighted by molar-refractivity contribution is 5.59. The molecule has 0 aliphatic carbocycles. The quantitative estimate of drug-likeness (QED) is 0.662. The van der Waals surface area contributed by atoms with Gasteiger partial charge in [0, 0.05) is 18.6 Å². The standard InChI is InChI=1S/C11H20N2O3/c1-4-15-11(14)16-13-6-9-5-8(2)12(3)10(9)7-13/h8-10H,4-7H2,1-3H3. The first kappa shape index (κ1) is 11.7. The molecular formula is C11H20N2O3. The van der Waals surface area contributed by atoms with Crippen molar-refractivity contribution in [2.45, 2.75) is 32.4 Å². The molecule has 2 saturated heterocycles. The zero-order valence-electron chi connectivity index (χ0n) is 10.2. The SMILES string of the molecule is CCOC(=O)ON1CC2CC(C)N(C)C2C1. The number of carbonyl (C=O) groups is 1. The highest BCUT2D eigenvalue weighted by Gasteiger charge is 2.44. The van der Waals surface area contributed by atoms with Crippen LogP contribution in [-0.4, -0.2) is 54.9 Å². The average molecular weight is 228 g/mol. The van der Waals surface area contributed by atoms with Gasteiger partial charge in [0.15, 0.2) is 0 Å². The van der Waals surface area contributed by atoms with E-state index in [9.17, 15) is 4.79 Å². The third-order valence-corrected chi connectivity index (χ3v) is 3.70. The van der Waals surface area contributed by atoms with Crippen LogP contribution in [0.3, 0.4) is 0 Å². The number of carbonyl (C=O) groups excluding carboxylic acids is 1. The molecule has 92 valence electrons. The van der Waals surface area contributed by atoms with E-state index in [0.29, 0.717) is 24.6 Å². The summed E-state index contributed by atoms with van der Waals surface area (Å²) in [6, 6.07) is 1.16. The number of hydrogen-bond donors (Lipinski definition) is 0. The van der Waals surface area contributed by atoms with Crippen molar-refractivity contribution in [1.29, 1.82) is 0 Å². The van der Waals surface area contributed by atoms with Crippen molar-refractivity contribution in [2.24, 2.45) is 5.92 Å². The van der Waals surface area contributed by atoms with E-state index in [1.807, 2.05) is 0 Å². The number of hydroxylamine groups is 2. The van der Waals surface area contributed by atoms with Gasteiger partial charge in [0.25, 0.3) is 0 Å². The maximum absolute atomic E-state index is 11.2. The lowest BCUT2D eigenvalue weighted by molar-refractivity contribution is -0.118. The molecule has 2 aliphatic rings. The van der Waals surface area contributed by atoms with Gasteiger partial charge in [-0.05, 0) is 33.2 Å². The Morgan fingerprint density at radius 2 is 2.19 bits per heavy atom. The lowest BCUT2D eigenvalue weighted by Crippen LogP contribution is -2.36. The van der Waals surface area contributed by atoms with E-state index < -0.39 is 6.16 Å². The minimum Gasteiger partial charge on any atom is -0.433 e. The molecule has 5 nitrogen and oxygen atoms in total. The van der Waals surface area contributed by atoms with Crippen LogP contribution in [0.25, 0.3) is 0 Å². The fraction of sp³-hybridized carbons (Fsp3) is 0.909. The largest absolute Gasteiger partial charge is 0.527 e. The first-order valence-electron chi connectivity index (χ1n) is 5.93. The van der Waals surface area contributed by atoms with Crippen LogP contribution in [0, 0.1) is 5.92 Å². The predicted molar refractivity (Wildman–Crippen MR) is 58.8 cm³/mol. The van der Waals surface area contributed by atoms with Crippen LogP contribution in [0.4, 0.5) is 4.79 Å². The van der Waals surface area contributed by atoms with Crippen molar-refractivity contribution in [1.82, 2.24) is 9.96 Å². The number of nitrogens with zero attached hydrogens (tertiary/aromatic N) is 2. The van der Waals surface area contributed by atoms with Gasteiger partial charge in [-0.3, -0.25) is 4.90 Å². The Labute approximate surface area is 96.2 Å². The Kier molecular flexibility index (Phi) is 3.35. The van der Waals surface area contributed by atoms with E-state index in [0.717, 1.165) is 13.1 Å². The number of ether oxygens (including phenoxy) is 1. The molecule has 0 N–H and O–H groups in total. The molecule has 2 rings (SSSR count). The fourth-order valence-corrected chi connectivity index (χ4v) is 2.76. The van der Waals surface area contributed by atoms with Gasteiger partial charge in [-0.15, -0.1) is 5.06 Å². The smallest absolute Gasteiger partial charge is 0.433 e. The van der Waals surface area contributed by atoms with E-state index in [-0.39, 0.29) is 0 Å². The molecule has 0 amide bonds. The summed E-state index contributed by atoms with van der Waals surface area (Å²) in [4.78, 5) is 18.7. The second kappa shape index (κ2) is 4.59. The first-order valence-corrected chi connectivity index (χ1v) is 5.93. The molecule has 5 heteroatoms. The number of fused-ring (bicyclic) bond motifs is 1. The fourth-order valence-electron chi connectivity index (χ4n) is 2.76. The Morgan fingerprint density at radius 1 is 1.44 bits per heavy atom. The second-order valence-corrected chi connectivity index (χ2v) is 4.70. The minimum atomic E-state index is -0.585. The maximum atomic E-state index is 11.2. The second-order valence-electron chi connectivity index (χ2n) is 4.70. The maximum Gasteiger partial charge on any atom is 0.527 e. The Bertz CT molecular complexity index is 272. The number of likely N-dealkylation sites (N-methyl/N-ethyl adjacent to an activating group) is 1. The Hall–Kier alpha value is -0.810. The molecule has 2 heterocycles. The molecule has 0 aromatic rings. The lowest BCUT2D eigenvalue weighted by atomic mass is 10.0. The molecular weight excluding hydrogens is 208 g/mol. The predicted octanol–water partition coefficient (Wildman–Crippen LogP) is 1.10. The lowest BCUT2D eigenvalue weighted by Gasteiger charge is -2.23. The molecule has 16 heavy (non-hydrogen) atoms. The van der Waals surface area contributed by atoms with Gasteiger partial charge >= 0.3 is 6.16 Å². The van der Waals surface area contributed by atoms with Crippen LogP contribution in [0.5, 0.6) is 0 Å². The summed E-state index contributed by atoms with van der Waals surface area (Å²) < 4.78 is 4.76. The van der Waals surface area contributed by atoms with Crippen molar-refractivity contribution in [3.63, 3.8) is 0 Å². The van der Waals surface area contributed by atoms with Crippen LogP contribution < -0.4 is 0 Å². The van der Waals surface area contributed by atoms with Gasteiger partial charge in [-0.1, -0.05) is 0 Å². The van der Waals surface area contributed by atoms with Crippen LogP contribution in [0.15, 0.2) is 0 Å². The first-order chi connectivity index (χ1) is 7.61. The minimum absolute atomic E-state index is 0.358. The monoisotopic (exact) mass is 228 g/mol. The number of likely N-dealkylation sites (tertiary alicyclic amines) is 1. The van der Waals surface area contributed by atoms with E-state index >= 15 is 0 Å². The highest BCUT2D eigenvalue weighted by Crippen LogP contribution is 2.34. The van der Waals surface area contributed by atoms with Gasteiger partial charge in [-0.2, -0.15) is 0 Å². The third kappa shape index (κ3) is 2.15. The molecule has 2 fully saturated rings. The normalized spacial score (nSPS) is 35.1. The van der Waals surface area contributed by atoms with Crippen molar-refractivity contribution >= 4 is 6.16 Å². The van der Waals surface area contributed by atoms with E-state index in [4.69, 9.17) is 9.57 Å². The Morgan fingerprint density at radius 3 is 2.81 bits per heavy atom. The number of hydrogen-bond acceptors (Lipinski definition) is 5. The van der Waals surface area contributed by atoms with Crippen molar-refractivity contribution in [2.75, 3.05) is 26.7 Å². The zero-order chi connectivity index (χ0) is 11.7. The van der Waals surface area contributed by atoms with E-state index in [1.54, 1.807) is 12.0 Å². The molecule has 0 aromatic carbocycles. The molecule has 0 saturated carbocycles. The topological polar surface area (TPSA) is 42.0 Å². The number of rotatable bonds is 2. The summed E-state index contributed by atoms with van der Waals surface area (Å²) in [5, 5.41) is 1.73. The van der Waals surface area contributed by atoms with Crippen molar-refractivity contribution < 1.29 is 14.4 Å². The zero-order valence-corrected chi connectivity index (χ0v) is 10.2. The van der Waals surface area contributed by atoms with Crippen LogP contribution >= 0.6 is 0 Å². The summed E-state index contributed by atoms with van der Waals surface area (Å²) >= 11 is 0. The van der Waals surface area contributed by atoms with Crippen molar-refractivity contribution in [3.05, 3.63) is 0 Å². The van der Waals surface area contributed by atoms with Gasteiger partial charge < -0.3 is 9.57 Å². The molecule has 3 atom stereocenters. The molecule has 0 bridgehead atoms. The van der Waals surface area contributed by atoms with Crippen molar-refractivity contribution in [3.8, 4) is 0 Å². The summed E-state index contributed by atoms with van der Waals surface area (Å²) in [6.45, 7) is 6.00. The van der Waals surface area contributed by atoms with Crippen LogP contribution in [0.2, 0.25) is 0 Å². The summed E-state index contributed by atoms with van der Waals surface area (Å²) in [6.07, 6.45) is 0.599. The van der Waals surface area contributed by atoms with Gasteiger partial charge in [-0.25, -0.2) is 4.79 Å². The van der Waals surface area contributed by atoms with E-state index in [2.05, 4.69) is 18.9 Å². The summed E-state index contributed by atoms with van der Waals surface area (Å²) in [5.41, 5.74) is 0. The molecule has 0 spiro atoms. The molecule has 0 aromatic heterocycles. The third-order valence-electron chi connectivity index (χ3n) is 3.70. The van der Waals surface area contributed by atoms with Crippen LogP contribution in [0.1, 0.15) is 20.3 Å². The highest BCUT2D eigenvalue weighted by atomic mass is 16.8. The molecule has 0 radical (unpaired) electrons.